The number of benzene rings is 4. The van der Waals surface area contributed by atoms with E-state index in [0.29, 0.717) is 16.8 Å². The maximum atomic E-state index is 12.5. The van der Waals surface area contributed by atoms with Gasteiger partial charge in [-0.1, -0.05) is 60.4 Å². The predicted octanol–water partition coefficient (Wildman–Crippen LogP) is 5.08. The van der Waals surface area contributed by atoms with Crippen LogP contribution in [0.3, 0.4) is 0 Å². The van der Waals surface area contributed by atoms with Crippen molar-refractivity contribution < 1.29 is 4.42 Å². The SMILES string of the molecule is O=c1oc2cc(-n3nc4ccc5ccccc5c4n3)ccc2cc1C#Cc1ccccc1. The van der Waals surface area contributed by atoms with Crippen LogP contribution in [-0.2, 0) is 0 Å². The summed E-state index contributed by atoms with van der Waals surface area (Å²) in [6, 6.07) is 28.9. The molecule has 2 aromatic heterocycles. The average Bonchev–Trinajstić information content (AvgIpc) is 3.28. The summed E-state index contributed by atoms with van der Waals surface area (Å²) in [6.07, 6.45) is 0. The lowest BCUT2D eigenvalue weighted by Gasteiger charge is -2.02. The van der Waals surface area contributed by atoms with Crippen molar-refractivity contribution in [2.75, 3.05) is 0 Å². The van der Waals surface area contributed by atoms with E-state index in [9.17, 15) is 4.79 Å². The van der Waals surface area contributed by atoms with Gasteiger partial charge >= 0.3 is 5.63 Å². The van der Waals surface area contributed by atoms with E-state index in [0.717, 1.165) is 32.8 Å². The van der Waals surface area contributed by atoms with E-state index in [1.165, 1.54) is 0 Å². The van der Waals surface area contributed by atoms with Crippen molar-refractivity contribution in [2.24, 2.45) is 0 Å². The lowest BCUT2D eigenvalue weighted by molar-refractivity contribution is 0.558. The topological polar surface area (TPSA) is 60.9 Å². The molecule has 0 radical (unpaired) electrons. The van der Waals surface area contributed by atoms with E-state index in [1.807, 2.05) is 72.8 Å². The van der Waals surface area contributed by atoms with Crippen LogP contribution in [0.25, 0.3) is 38.5 Å². The Morgan fingerprint density at radius 1 is 0.750 bits per heavy atom. The van der Waals surface area contributed by atoms with Crippen LogP contribution in [0.1, 0.15) is 11.1 Å². The highest BCUT2D eigenvalue weighted by Crippen LogP contribution is 2.24. The molecule has 0 amide bonds. The van der Waals surface area contributed by atoms with Crippen molar-refractivity contribution >= 4 is 32.8 Å². The fraction of sp³-hybridized carbons (Fsp3) is 0. The molecular weight excluding hydrogens is 398 g/mol. The zero-order valence-electron chi connectivity index (χ0n) is 16.8. The molecule has 0 saturated carbocycles. The molecule has 0 N–H and O–H groups in total. The highest BCUT2D eigenvalue weighted by atomic mass is 16.4. The molecule has 6 aromatic rings. The summed E-state index contributed by atoms with van der Waals surface area (Å²) < 4.78 is 5.56. The largest absolute Gasteiger partial charge is 0.422 e. The van der Waals surface area contributed by atoms with Gasteiger partial charge in [0, 0.05) is 22.4 Å². The van der Waals surface area contributed by atoms with Crippen LogP contribution >= 0.6 is 0 Å². The Labute approximate surface area is 182 Å². The normalized spacial score (nSPS) is 11.0. The van der Waals surface area contributed by atoms with Gasteiger partial charge in [-0.05, 0) is 41.8 Å². The molecule has 5 nitrogen and oxygen atoms in total. The van der Waals surface area contributed by atoms with Crippen LogP contribution in [0.4, 0.5) is 0 Å². The summed E-state index contributed by atoms with van der Waals surface area (Å²) in [5.74, 6) is 5.92. The van der Waals surface area contributed by atoms with E-state index in [4.69, 9.17) is 4.42 Å². The van der Waals surface area contributed by atoms with E-state index in [2.05, 4.69) is 28.1 Å². The van der Waals surface area contributed by atoms with Gasteiger partial charge in [-0.15, -0.1) is 10.2 Å². The average molecular weight is 413 g/mol. The highest BCUT2D eigenvalue weighted by Gasteiger charge is 2.10. The van der Waals surface area contributed by atoms with Crippen molar-refractivity contribution in [3.63, 3.8) is 0 Å². The maximum Gasteiger partial charge on any atom is 0.352 e. The Bertz CT molecular complexity index is 1750. The van der Waals surface area contributed by atoms with E-state index < -0.39 is 5.63 Å². The number of rotatable bonds is 1. The summed E-state index contributed by atoms with van der Waals surface area (Å²) >= 11 is 0. The summed E-state index contributed by atoms with van der Waals surface area (Å²) in [4.78, 5) is 14.1. The minimum Gasteiger partial charge on any atom is -0.422 e. The molecule has 5 heteroatoms. The van der Waals surface area contributed by atoms with Crippen molar-refractivity contribution in [1.29, 1.82) is 0 Å². The molecule has 150 valence electrons. The molecule has 6 rings (SSSR count). The fourth-order valence-electron chi connectivity index (χ4n) is 3.74. The third-order valence-corrected chi connectivity index (χ3v) is 5.34. The van der Waals surface area contributed by atoms with Gasteiger partial charge in [0.1, 0.15) is 22.2 Å². The van der Waals surface area contributed by atoms with Crippen molar-refractivity contribution in [2.45, 2.75) is 0 Å². The number of hydrogen-bond acceptors (Lipinski definition) is 4. The van der Waals surface area contributed by atoms with E-state index >= 15 is 0 Å². The first kappa shape index (κ1) is 18.1. The van der Waals surface area contributed by atoms with E-state index in [1.54, 1.807) is 16.9 Å². The molecule has 0 unspecified atom stereocenters. The highest BCUT2D eigenvalue weighted by molar-refractivity contribution is 6.03. The standard InChI is InChI=1S/C27H15N3O2/c31-27-21(11-10-18-6-2-1-3-7-18)16-20-12-14-22(17-25(20)32-27)30-28-24-15-13-19-8-4-5-9-23(19)26(24)29-30/h1-9,12-17H. The number of aromatic nitrogens is 3. The molecule has 0 aliphatic carbocycles. The Kier molecular flexibility index (Phi) is 4.09. The first-order valence-corrected chi connectivity index (χ1v) is 10.1. The molecule has 0 aliphatic rings. The summed E-state index contributed by atoms with van der Waals surface area (Å²) in [7, 11) is 0. The minimum atomic E-state index is -0.470. The van der Waals surface area contributed by atoms with Crippen LogP contribution in [0.15, 0.2) is 100 Å². The van der Waals surface area contributed by atoms with Gasteiger partial charge in [-0.25, -0.2) is 4.79 Å². The van der Waals surface area contributed by atoms with E-state index in [-0.39, 0.29) is 0 Å². The Morgan fingerprint density at radius 2 is 1.56 bits per heavy atom. The molecule has 0 spiro atoms. The lowest BCUT2D eigenvalue weighted by atomic mass is 10.1. The van der Waals surface area contributed by atoms with Gasteiger partial charge in [-0.2, -0.15) is 4.80 Å². The van der Waals surface area contributed by atoms with Crippen LogP contribution in [0, 0.1) is 11.8 Å². The van der Waals surface area contributed by atoms with Gasteiger partial charge in [0.15, 0.2) is 0 Å². The Morgan fingerprint density at radius 3 is 2.47 bits per heavy atom. The zero-order valence-corrected chi connectivity index (χ0v) is 16.8. The summed E-state index contributed by atoms with van der Waals surface area (Å²) in [5, 5.41) is 12.2. The third-order valence-electron chi connectivity index (χ3n) is 5.34. The molecule has 0 bridgehead atoms. The van der Waals surface area contributed by atoms with Crippen molar-refractivity contribution in [1.82, 2.24) is 15.0 Å². The molecular formula is C27H15N3O2. The molecule has 0 aliphatic heterocycles. The Hall–Kier alpha value is -4.69. The second-order valence-electron chi connectivity index (χ2n) is 7.43. The fourth-order valence-corrected chi connectivity index (χ4v) is 3.74. The minimum absolute atomic E-state index is 0.323. The zero-order chi connectivity index (χ0) is 21.5. The first-order valence-electron chi connectivity index (χ1n) is 10.1. The second kappa shape index (κ2) is 7.22. The maximum absolute atomic E-state index is 12.5. The number of fused-ring (bicyclic) bond motifs is 4. The number of nitrogens with zero attached hydrogens (tertiary/aromatic N) is 3. The lowest BCUT2D eigenvalue weighted by Crippen LogP contribution is -2.04. The van der Waals surface area contributed by atoms with Crippen LogP contribution in [0.5, 0.6) is 0 Å². The third kappa shape index (κ3) is 3.11. The molecule has 32 heavy (non-hydrogen) atoms. The van der Waals surface area contributed by atoms with Crippen LogP contribution < -0.4 is 5.63 Å². The first-order chi connectivity index (χ1) is 15.7. The molecule has 0 atom stereocenters. The van der Waals surface area contributed by atoms with Gasteiger partial charge in [0.25, 0.3) is 0 Å². The smallest absolute Gasteiger partial charge is 0.352 e. The van der Waals surface area contributed by atoms with Gasteiger partial charge in [-0.3, -0.25) is 0 Å². The molecule has 0 fully saturated rings. The van der Waals surface area contributed by atoms with Gasteiger partial charge in [0.05, 0.1) is 5.69 Å². The van der Waals surface area contributed by atoms with Gasteiger partial charge in [0.2, 0.25) is 0 Å². The molecule has 2 heterocycles. The quantitative estimate of drug-likeness (QED) is 0.279. The van der Waals surface area contributed by atoms with Crippen molar-refractivity contribution in [3.05, 3.63) is 113 Å². The molecule has 0 saturated heterocycles. The molecule has 4 aromatic carbocycles. The Balaban J connectivity index is 1.43. The van der Waals surface area contributed by atoms with Crippen LogP contribution in [-0.4, -0.2) is 15.0 Å². The van der Waals surface area contributed by atoms with Crippen molar-refractivity contribution in [3.8, 4) is 17.5 Å². The van der Waals surface area contributed by atoms with Gasteiger partial charge < -0.3 is 4.42 Å². The number of hydrogen-bond donors (Lipinski definition) is 0. The monoisotopic (exact) mass is 413 g/mol. The summed E-state index contributed by atoms with van der Waals surface area (Å²) in [5.41, 5.74) is 3.50. The second-order valence-corrected chi connectivity index (χ2v) is 7.43. The predicted molar refractivity (Wildman–Crippen MR) is 125 cm³/mol. The summed E-state index contributed by atoms with van der Waals surface area (Å²) in [6.45, 7) is 0. The van der Waals surface area contributed by atoms with Crippen LogP contribution in [0.2, 0.25) is 0 Å².